The zero-order valence-corrected chi connectivity index (χ0v) is 16.2. The van der Waals surface area contributed by atoms with Gasteiger partial charge in [0.25, 0.3) is 5.91 Å². The first kappa shape index (κ1) is 20.5. The van der Waals surface area contributed by atoms with Gasteiger partial charge in [0.15, 0.2) is 0 Å². The Labute approximate surface area is 174 Å². The predicted octanol–water partition coefficient (Wildman–Crippen LogP) is 3.84. The number of benzene rings is 1. The maximum atomic E-state index is 13.0. The number of alkyl halides is 3. The number of carbonyl (C=O) groups excluding carboxylic acids is 1. The Bertz CT molecular complexity index is 1090. The molecular weight excluding hydrogens is 423 g/mol. The number of nitrogens with one attached hydrogen (secondary N) is 1. The van der Waals surface area contributed by atoms with Gasteiger partial charge in [0.2, 0.25) is 0 Å². The van der Waals surface area contributed by atoms with E-state index in [2.05, 4.69) is 10.4 Å². The molecule has 2 aromatic heterocycles. The number of ether oxygens (including phenoxy) is 1. The summed E-state index contributed by atoms with van der Waals surface area (Å²) in [6.45, 7) is -0.209. The number of hydrogen-bond donors (Lipinski definition) is 2. The summed E-state index contributed by atoms with van der Waals surface area (Å²) in [7, 11) is 0. The fourth-order valence-electron chi connectivity index (χ4n) is 3.41. The Morgan fingerprint density at radius 2 is 2.00 bits per heavy atom. The van der Waals surface area contributed by atoms with Crippen LogP contribution in [0.3, 0.4) is 0 Å². The third kappa shape index (κ3) is 3.82. The van der Waals surface area contributed by atoms with Crippen molar-refractivity contribution in [2.75, 3.05) is 0 Å². The van der Waals surface area contributed by atoms with Gasteiger partial charge in [-0.05, 0) is 24.3 Å². The summed E-state index contributed by atoms with van der Waals surface area (Å²) in [6.07, 6.45) is -2.59. The average molecular weight is 440 g/mol. The number of carbonyl (C=O) groups is 1. The number of nitrogens with zero attached hydrogens (tertiary/aromatic N) is 2. The van der Waals surface area contributed by atoms with Crippen LogP contribution in [0.15, 0.2) is 42.6 Å². The number of fused-ring (bicyclic) bond motifs is 1. The van der Waals surface area contributed by atoms with E-state index >= 15 is 0 Å². The number of rotatable bonds is 5. The molecule has 3 aromatic rings. The van der Waals surface area contributed by atoms with E-state index in [1.54, 1.807) is 18.2 Å². The van der Waals surface area contributed by atoms with Gasteiger partial charge in [-0.3, -0.25) is 4.79 Å². The smallest absolute Gasteiger partial charge is 0.417 e. The fraction of sp³-hybridized carbons (Fsp3) is 0.300. The lowest BCUT2D eigenvalue weighted by molar-refractivity contribution is -0.137. The number of halogens is 4. The second kappa shape index (κ2) is 7.81. The van der Waals surface area contributed by atoms with Crippen molar-refractivity contribution < 1.29 is 27.8 Å². The van der Waals surface area contributed by atoms with E-state index in [1.807, 2.05) is 0 Å². The minimum atomic E-state index is -4.56. The molecular formula is C20H17ClF3N3O3. The molecule has 0 bridgehead atoms. The molecule has 2 N–H and O–H groups in total. The molecule has 6 nitrogen and oxygen atoms in total. The van der Waals surface area contributed by atoms with Gasteiger partial charge in [-0.25, -0.2) is 4.52 Å². The van der Waals surface area contributed by atoms with Crippen molar-refractivity contribution in [2.45, 2.75) is 37.8 Å². The highest BCUT2D eigenvalue weighted by molar-refractivity contribution is 6.32. The van der Waals surface area contributed by atoms with Crippen molar-refractivity contribution in [1.29, 1.82) is 0 Å². The first-order chi connectivity index (χ1) is 14.3. The summed E-state index contributed by atoms with van der Waals surface area (Å²) < 4.78 is 45.9. The van der Waals surface area contributed by atoms with Crippen LogP contribution in [0.1, 0.15) is 34.5 Å². The lowest BCUT2D eigenvalue weighted by atomic mass is 9.89. The standard InChI is InChI=1S/C20H17ClF3N3O3/c21-18-15(20(22,23)24)4-2-6-17(18)30-13-7-11(8-13)26-19(29)14-9-25-27-12(10-28)3-1-5-16(14)27/h1-6,9,11,13,28H,7-8,10H2,(H,26,29)/t11-,13-. The van der Waals surface area contributed by atoms with E-state index in [0.29, 0.717) is 29.6 Å². The van der Waals surface area contributed by atoms with Crippen LogP contribution in [-0.4, -0.2) is 32.8 Å². The summed E-state index contributed by atoms with van der Waals surface area (Å²) in [4.78, 5) is 12.6. The molecule has 1 aromatic carbocycles. The molecule has 1 aliphatic rings. The molecule has 0 saturated heterocycles. The van der Waals surface area contributed by atoms with E-state index in [9.17, 15) is 23.1 Å². The minimum absolute atomic E-state index is 0.0274. The molecule has 0 unspecified atom stereocenters. The molecule has 0 atom stereocenters. The van der Waals surface area contributed by atoms with Gasteiger partial charge < -0.3 is 15.2 Å². The normalized spacial score (nSPS) is 18.8. The minimum Gasteiger partial charge on any atom is -0.489 e. The summed E-state index contributed by atoms with van der Waals surface area (Å²) in [6, 6.07) is 8.51. The van der Waals surface area contributed by atoms with Crippen molar-refractivity contribution in [3.63, 3.8) is 0 Å². The van der Waals surface area contributed by atoms with Crippen LogP contribution in [0.5, 0.6) is 5.75 Å². The zero-order chi connectivity index (χ0) is 21.5. The molecule has 0 radical (unpaired) electrons. The quantitative estimate of drug-likeness (QED) is 0.633. The number of hydrogen-bond acceptors (Lipinski definition) is 4. The van der Waals surface area contributed by atoms with Crippen molar-refractivity contribution in [1.82, 2.24) is 14.9 Å². The van der Waals surface area contributed by atoms with Gasteiger partial charge in [0, 0.05) is 18.9 Å². The van der Waals surface area contributed by atoms with Gasteiger partial charge in [-0.15, -0.1) is 0 Å². The Morgan fingerprint density at radius 3 is 2.70 bits per heavy atom. The lowest BCUT2D eigenvalue weighted by Gasteiger charge is -2.36. The molecule has 30 heavy (non-hydrogen) atoms. The highest BCUT2D eigenvalue weighted by atomic mass is 35.5. The van der Waals surface area contributed by atoms with Gasteiger partial charge in [-0.2, -0.15) is 18.3 Å². The lowest BCUT2D eigenvalue weighted by Crippen LogP contribution is -2.49. The number of aliphatic hydroxyl groups excluding tert-OH is 1. The van der Waals surface area contributed by atoms with Crippen molar-refractivity contribution in [3.8, 4) is 5.75 Å². The fourth-order valence-corrected chi connectivity index (χ4v) is 3.68. The third-order valence-electron chi connectivity index (χ3n) is 5.02. The summed E-state index contributed by atoms with van der Waals surface area (Å²) in [5, 5.41) is 15.9. The monoisotopic (exact) mass is 439 g/mol. The number of amides is 1. The molecule has 4 rings (SSSR count). The second-order valence-corrected chi connectivity index (χ2v) is 7.41. The van der Waals surface area contributed by atoms with Gasteiger partial charge in [0.05, 0.1) is 40.2 Å². The Kier molecular flexibility index (Phi) is 5.33. The average Bonchev–Trinajstić information content (AvgIpc) is 3.11. The van der Waals surface area contributed by atoms with Crippen LogP contribution in [0.25, 0.3) is 5.52 Å². The molecule has 1 saturated carbocycles. The second-order valence-electron chi connectivity index (χ2n) is 7.03. The van der Waals surface area contributed by atoms with E-state index in [1.165, 1.54) is 22.8 Å². The van der Waals surface area contributed by atoms with Crippen LogP contribution in [-0.2, 0) is 12.8 Å². The van der Waals surface area contributed by atoms with Crippen LogP contribution < -0.4 is 10.1 Å². The van der Waals surface area contributed by atoms with Crippen LogP contribution in [0.2, 0.25) is 5.02 Å². The van der Waals surface area contributed by atoms with Gasteiger partial charge in [0.1, 0.15) is 11.9 Å². The largest absolute Gasteiger partial charge is 0.489 e. The number of aliphatic hydroxyl groups is 1. The van der Waals surface area contributed by atoms with Crippen molar-refractivity contribution in [2.24, 2.45) is 0 Å². The first-order valence-corrected chi connectivity index (χ1v) is 9.55. The molecule has 0 aliphatic heterocycles. The van der Waals surface area contributed by atoms with Crippen LogP contribution in [0.4, 0.5) is 13.2 Å². The van der Waals surface area contributed by atoms with E-state index < -0.39 is 16.8 Å². The van der Waals surface area contributed by atoms with Gasteiger partial charge in [-0.1, -0.05) is 23.7 Å². The highest BCUT2D eigenvalue weighted by Crippen LogP contribution is 2.40. The van der Waals surface area contributed by atoms with Crippen LogP contribution >= 0.6 is 11.6 Å². The molecule has 2 heterocycles. The Hall–Kier alpha value is -2.78. The topological polar surface area (TPSA) is 75.9 Å². The van der Waals surface area contributed by atoms with E-state index in [-0.39, 0.29) is 30.4 Å². The van der Waals surface area contributed by atoms with Gasteiger partial charge >= 0.3 is 6.18 Å². The molecule has 158 valence electrons. The molecule has 1 fully saturated rings. The summed E-state index contributed by atoms with van der Waals surface area (Å²) >= 11 is 5.85. The highest BCUT2D eigenvalue weighted by Gasteiger charge is 2.36. The Balaban J connectivity index is 1.38. The Morgan fingerprint density at radius 1 is 1.27 bits per heavy atom. The van der Waals surface area contributed by atoms with Crippen LogP contribution in [0, 0.1) is 0 Å². The van der Waals surface area contributed by atoms with Crippen molar-refractivity contribution >= 4 is 23.0 Å². The van der Waals surface area contributed by atoms with E-state index in [4.69, 9.17) is 16.3 Å². The first-order valence-electron chi connectivity index (χ1n) is 9.17. The summed E-state index contributed by atoms with van der Waals surface area (Å²) in [5.74, 6) is -0.346. The zero-order valence-electron chi connectivity index (χ0n) is 15.5. The number of pyridine rings is 1. The maximum Gasteiger partial charge on any atom is 0.417 e. The molecule has 1 amide bonds. The molecule has 0 spiro atoms. The third-order valence-corrected chi connectivity index (χ3v) is 5.41. The maximum absolute atomic E-state index is 13.0. The van der Waals surface area contributed by atoms with Crippen molar-refractivity contribution in [3.05, 3.63) is 64.4 Å². The number of aromatic nitrogens is 2. The molecule has 10 heteroatoms. The predicted molar refractivity (Wildman–Crippen MR) is 102 cm³/mol. The van der Waals surface area contributed by atoms with E-state index in [0.717, 1.165) is 6.07 Å². The summed E-state index contributed by atoms with van der Waals surface area (Å²) in [5.41, 5.74) is 0.556. The SMILES string of the molecule is O=C(N[C@H]1C[C@H](Oc2cccc(C(F)(F)F)c2Cl)C1)c1cnn2c(CO)cccc12. The molecule has 1 aliphatic carbocycles.